The summed E-state index contributed by atoms with van der Waals surface area (Å²) in [6.07, 6.45) is 5.39. The van der Waals surface area contributed by atoms with Gasteiger partial charge in [0.1, 0.15) is 0 Å². The fourth-order valence-electron chi connectivity index (χ4n) is 1.13. The summed E-state index contributed by atoms with van der Waals surface area (Å²) in [5.41, 5.74) is 0. The van der Waals surface area contributed by atoms with Gasteiger partial charge in [0, 0.05) is 19.6 Å². The van der Waals surface area contributed by atoms with Crippen molar-refractivity contribution in [3.05, 3.63) is 0 Å². The maximum Gasteiger partial charge on any atom is 0.159 e. The van der Waals surface area contributed by atoms with E-state index in [1.807, 2.05) is 0 Å². The lowest BCUT2D eigenvalue weighted by Gasteiger charge is -2.26. The second-order valence-electron chi connectivity index (χ2n) is 3.10. The Bertz CT molecular complexity index is 102. The van der Waals surface area contributed by atoms with Crippen LogP contribution in [0.5, 0.6) is 0 Å². The van der Waals surface area contributed by atoms with Crippen LogP contribution in [0.2, 0.25) is 0 Å². The van der Waals surface area contributed by atoms with Gasteiger partial charge in [0.05, 0.1) is 6.61 Å². The van der Waals surface area contributed by atoms with E-state index in [1.165, 1.54) is 0 Å². The zero-order chi connectivity index (χ0) is 8.65. The van der Waals surface area contributed by atoms with Crippen LogP contribution in [0.15, 0.2) is 0 Å². The molecule has 1 fully saturated rings. The Morgan fingerprint density at radius 2 is 2.00 bits per heavy atom. The lowest BCUT2D eigenvalue weighted by Crippen LogP contribution is -2.29. The third kappa shape index (κ3) is 4.04. The molecule has 72 valence electrons. The van der Waals surface area contributed by atoms with Gasteiger partial charge >= 0.3 is 0 Å². The van der Waals surface area contributed by atoms with Crippen LogP contribution in [0.4, 0.5) is 0 Å². The van der Waals surface area contributed by atoms with Crippen molar-refractivity contribution in [2.24, 2.45) is 0 Å². The molecular weight excluding hydrogens is 156 g/mol. The standard InChI is InChI=1S/C9H18O3/c10-6-3-1-2-4-7-11-9-5-8-12-9/h9-10H,1-8H2. The summed E-state index contributed by atoms with van der Waals surface area (Å²) < 4.78 is 10.5. The Balaban J connectivity index is 1.70. The maximum absolute atomic E-state index is 8.51. The summed E-state index contributed by atoms with van der Waals surface area (Å²) in [6, 6.07) is 0. The maximum atomic E-state index is 8.51. The Labute approximate surface area is 73.7 Å². The predicted octanol–water partition coefficient (Wildman–Crippen LogP) is 1.30. The van der Waals surface area contributed by atoms with Crippen LogP contribution in [-0.4, -0.2) is 31.2 Å². The Morgan fingerprint density at radius 3 is 2.58 bits per heavy atom. The van der Waals surface area contributed by atoms with Crippen LogP contribution < -0.4 is 0 Å². The first-order valence-corrected chi connectivity index (χ1v) is 4.77. The Kier molecular flexibility index (Phi) is 5.32. The largest absolute Gasteiger partial charge is 0.396 e. The first-order chi connectivity index (χ1) is 5.93. The molecule has 0 bridgehead atoms. The molecule has 0 saturated carbocycles. The number of aliphatic hydroxyl groups excluding tert-OH is 1. The summed E-state index contributed by atoms with van der Waals surface area (Å²) in [5.74, 6) is 0. The van der Waals surface area contributed by atoms with E-state index in [2.05, 4.69) is 0 Å². The molecule has 1 N–H and O–H groups in total. The molecule has 0 aromatic heterocycles. The number of hydrogen-bond acceptors (Lipinski definition) is 3. The molecule has 0 amide bonds. The highest BCUT2D eigenvalue weighted by atomic mass is 16.7. The van der Waals surface area contributed by atoms with E-state index in [0.29, 0.717) is 6.61 Å². The zero-order valence-corrected chi connectivity index (χ0v) is 7.50. The molecule has 3 heteroatoms. The van der Waals surface area contributed by atoms with Crippen LogP contribution in [0, 0.1) is 0 Å². The number of hydrogen-bond donors (Lipinski definition) is 1. The monoisotopic (exact) mass is 174 g/mol. The van der Waals surface area contributed by atoms with Crippen molar-refractivity contribution < 1.29 is 14.6 Å². The van der Waals surface area contributed by atoms with Crippen LogP contribution in [0.25, 0.3) is 0 Å². The third-order valence-electron chi connectivity index (χ3n) is 2.01. The minimum Gasteiger partial charge on any atom is -0.396 e. The van der Waals surface area contributed by atoms with Gasteiger partial charge in [0.15, 0.2) is 6.29 Å². The van der Waals surface area contributed by atoms with Crippen molar-refractivity contribution >= 4 is 0 Å². The quantitative estimate of drug-likeness (QED) is 0.591. The fourth-order valence-corrected chi connectivity index (χ4v) is 1.13. The molecular formula is C9H18O3. The van der Waals surface area contributed by atoms with Crippen molar-refractivity contribution in [2.75, 3.05) is 19.8 Å². The number of unbranched alkanes of at least 4 members (excludes halogenated alkanes) is 3. The first-order valence-electron chi connectivity index (χ1n) is 4.77. The van der Waals surface area contributed by atoms with Crippen molar-refractivity contribution in [1.29, 1.82) is 0 Å². The van der Waals surface area contributed by atoms with Crippen LogP contribution in [0.3, 0.4) is 0 Å². The van der Waals surface area contributed by atoms with E-state index >= 15 is 0 Å². The van der Waals surface area contributed by atoms with Crippen molar-refractivity contribution in [3.8, 4) is 0 Å². The minimum absolute atomic E-state index is 0.0860. The van der Waals surface area contributed by atoms with Crippen molar-refractivity contribution in [2.45, 2.75) is 38.4 Å². The van der Waals surface area contributed by atoms with Crippen LogP contribution >= 0.6 is 0 Å². The van der Waals surface area contributed by atoms with Gasteiger partial charge < -0.3 is 14.6 Å². The highest BCUT2D eigenvalue weighted by Crippen LogP contribution is 2.12. The van der Waals surface area contributed by atoms with E-state index in [4.69, 9.17) is 14.6 Å². The van der Waals surface area contributed by atoms with Gasteiger partial charge in [0.25, 0.3) is 0 Å². The molecule has 1 saturated heterocycles. The topological polar surface area (TPSA) is 38.7 Å². The SMILES string of the molecule is OCCCCCCOC1CCO1. The Hall–Kier alpha value is -0.120. The van der Waals surface area contributed by atoms with Gasteiger partial charge in [-0.25, -0.2) is 0 Å². The minimum atomic E-state index is 0.0860. The van der Waals surface area contributed by atoms with Gasteiger partial charge in [-0.3, -0.25) is 0 Å². The highest BCUT2D eigenvalue weighted by molar-refractivity contribution is 4.54. The van der Waals surface area contributed by atoms with Gasteiger partial charge in [-0.05, 0) is 12.8 Å². The zero-order valence-electron chi connectivity index (χ0n) is 7.50. The average Bonchev–Trinajstić information content (AvgIpc) is 2.00. The molecule has 1 unspecified atom stereocenters. The van der Waals surface area contributed by atoms with Crippen molar-refractivity contribution in [1.82, 2.24) is 0 Å². The Morgan fingerprint density at radius 1 is 1.25 bits per heavy atom. The van der Waals surface area contributed by atoms with Crippen LogP contribution in [0.1, 0.15) is 32.1 Å². The molecule has 0 radical (unpaired) electrons. The number of rotatable bonds is 7. The average molecular weight is 174 g/mol. The number of ether oxygens (including phenoxy) is 2. The first kappa shape index (κ1) is 9.96. The predicted molar refractivity (Wildman–Crippen MR) is 45.9 cm³/mol. The number of aliphatic hydroxyl groups is 1. The molecule has 1 aliphatic rings. The summed E-state index contributed by atoms with van der Waals surface area (Å²) >= 11 is 0. The molecule has 0 aromatic carbocycles. The molecule has 1 heterocycles. The summed E-state index contributed by atoms with van der Waals surface area (Å²) in [5, 5.41) is 8.51. The third-order valence-corrected chi connectivity index (χ3v) is 2.01. The van der Waals surface area contributed by atoms with E-state index < -0.39 is 0 Å². The molecule has 3 nitrogen and oxygen atoms in total. The summed E-state index contributed by atoms with van der Waals surface area (Å²) in [4.78, 5) is 0. The molecule has 12 heavy (non-hydrogen) atoms. The highest BCUT2D eigenvalue weighted by Gasteiger charge is 2.17. The summed E-state index contributed by atoms with van der Waals surface area (Å²) in [7, 11) is 0. The van der Waals surface area contributed by atoms with E-state index in [9.17, 15) is 0 Å². The normalized spacial score (nSPS) is 22.2. The fraction of sp³-hybridized carbons (Fsp3) is 1.00. The second kappa shape index (κ2) is 6.40. The molecule has 1 aliphatic heterocycles. The smallest absolute Gasteiger partial charge is 0.159 e. The van der Waals surface area contributed by atoms with Gasteiger partial charge in [0.2, 0.25) is 0 Å². The summed E-state index contributed by atoms with van der Waals surface area (Å²) in [6.45, 7) is 1.97. The van der Waals surface area contributed by atoms with E-state index in [-0.39, 0.29) is 6.29 Å². The van der Waals surface area contributed by atoms with E-state index in [0.717, 1.165) is 45.3 Å². The van der Waals surface area contributed by atoms with Crippen LogP contribution in [-0.2, 0) is 9.47 Å². The molecule has 0 aromatic rings. The lowest BCUT2D eigenvalue weighted by atomic mass is 10.2. The molecule has 0 aliphatic carbocycles. The van der Waals surface area contributed by atoms with Crippen molar-refractivity contribution in [3.63, 3.8) is 0 Å². The van der Waals surface area contributed by atoms with Gasteiger partial charge in [-0.15, -0.1) is 0 Å². The van der Waals surface area contributed by atoms with E-state index in [1.54, 1.807) is 0 Å². The molecule has 1 atom stereocenters. The van der Waals surface area contributed by atoms with Gasteiger partial charge in [-0.1, -0.05) is 12.8 Å². The lowest BCUT2D eigenvalue weighted by molar-refractivity contribution is -0.214. The second-order valence-corrected chi connectivity index (χ2v) is 3.10. The van der Waals surface area contributed by atoms with Gasteiger partial charge in [-0.2, -0.15) is 0 Å². The molecule has 0 spiro atoms. The molecule has 1 rings (SSSR count).